The molecule has 0 N–H and O–H groups in total. The lowest BCUT2D eigenvalue weighted by Gasteiger charge is -2.08. The van der Waals surface area contributed by atoms with Gasteiger partial charge in [0.05, 0.1) is 21.6 Å². The Labute approximate surface area is 119 Å². The van der Waals surface area contributed by atoms with Crippen LogP contribution in [0.3, 0.4) is 0 Å². The van der Waals surface area contributed by atoms with Crippen LogP contribution in [0.25, 0.3) is 16.7 Å². The molecule has 92 valence electrons. The van der Waals surface area contributed by atoms with Gasteiger partial charge >= 0.3 is 0 Å². The number of nitrogens with zero attached hydrogens (tertiary/aromatic N) is 2. The predicted molar refractivity (Wildman–Crippen MR) is 78.2 cm³/mol. The van der Waals surface area contributed by atoms with Crippen LogP contribution in [-0.4, -0.2) is 9.55 Å². The van der Waals surface area contributed by atoms with E-state index in [4.69, 9.17) is 23.2 Å². The van der Waals surface area contributed by atoms with Gasteiger partial charge in [-0.25, -0.2) is 4.98 Å². The molecule has 0 saturated carbocycles. The minimum absolute atomic E-state index is 0.173. The molecule has 2 aromatic heterocycles. The second-order valence-electron chi connectivity index (χ2n) is 4.01. The van der Waals surface area contributed by atoms with Crippen molar-refractivity contribution >= 4 is 45.6 Å². The van der Waals surface area contributed by atoms with E-state index in [1.165, 1.54) is 0 Å². The quantitative estimate of drug-likeness (QED) is 0.606. The highest BCUT2D eigenvalue weighted by molar-refractivity contribution is 7.08. The first-order valence-electron chi connectivity index (χ1n) is 5.52. The van der Waals surface area contributed by atoms with Crippen molar-refractivity contribution in [3.8, 4) is 5.69 Å². The molecule has 0 spiro atoms. The normalized spacial score (nSPS) is 13.1. The molecule has 3 rings (SSSR count). The Kier molecular flexibility index (Phi) is 3.06. The molecule has 0 amide bonds. The number of aromatic nitrogens is 2. The number of rotatable bonds is 2. The van der Waals surface area contributed by atoms with Gasteiger partial charge in [-0.1, -0.05) is 17.7 Å². The summed E-state index contributed by atoms with van der Waals surface area (Å²) >= 11 is 14.1. The van der Waals surface area contributed by atoms with Gasteiger partial charge in [-0.15, -0.1) is 11.6 Å². The van der Waals surface area contributed by atoms with Gasteiger partial charge in [0.15, 0.2) is 0 Å². The van der Waals surface area contributed by atoms with E-state index in [0.717, 1.165) is 22.5 Å². The minimum atomic E-state index is -0.173. The number of imidazole rings is 1. The molecule has 2 nitrogen and oxygen atoms in total. The number of para-hydroxylation sites is 1. The van der Waals surface area contributed by atoms with Crippen molar-refractivity contribution in [1.29, 1.82) is 0 Å². The third kappa shape index (κ3) is 1.83. The van der Waals surface area contributed by atoms with Crippen LogP contribution in [0.5, 0.6) is 0 Å². The molecule has 0 aliphatic heterocycles. The molecule has 3 aromatic rings. The van der Waals surface area contributed by atoms with Crippen molar-refractivity contribution in [3.05, 3.63) is 45.9 Å². The van der Waals surface area contributed by atoms with Crippen molar-refractivity contribution in [2.24, 2.45) is 0 Å². The fourth-order valence-electron chi connectivity index (χ4n) is 2.01. The monoisotopic (exact) mass is 296 g/mol. The number of halogens is 2. The van der Waals surface area contributed by atoms with E-state index in [1.807, 2.05) is 30.5 Å². The zero-order chi connectivity index (χ0) is 12.7. The number of fused-ring (bicyclic) bond motifs is 1. The molecule has 0 aliphatic carbocycles. The Hall–Kier alpha value is -1.03. The van der Waals surface area contributed by atoms with Crippen LogP contribution in [0.15, 0.2) is 35.0 Å². The molecule has 1 aromatic carbocycles. The van der Waals surface area contributed by atoms with Crippen LogP contribution in [0.4, 0.5) is 0 Å². The van der Waals surface area contributed by atoms with Crippen molar-refractivity contribution < 1.29 is 0 Å². The fraction of sp³-hybridized carbons (Fsp3) is 0.154. The second kappa shape index (κ2) is 4.57. The summed E-state index contributed by atoms with van der Waals surface area (Å²) in [5.41, 5.74) is 2.86. The third-order valence-electron chi connectivity index (χ3n) is 2.78. The average molecular weight is 297 g/mol. The van der Waals surface area contributed by atoms with E-state index in [-0.39, 0.29) is 5.38 Å². The maximum atomic E-state index is 6.23. The molecular formula is C13H10Cl2N2S. The molecule has 0 bridgehead atoms. The van der Waals surface area contributed by atoms with Gasteiger partial charge in [0.2, 0.25) is 0 Å². The number of thiophene rings is 1. The van der Waals surface area contributed by atoms with Gasteiger partial charge < -0.3 is 0 Å². The third-order valence-corrected chi connectivity index (χ3v) is 3.95. The van der Waals surface area contributed by atoms with Crippen molar-refractivity contribution in [2.45, 2.75) is 12.3 Å². The first-order chi connectivity index (χ1) is 8.68. The topological polar surface area (TPSA) is 17.8 Å². The summed E-state index contributed by atoms with van der Waals surface area (Å²) in [5, 5.41) is 4.59. The first kappa shape index (κ1) is 12.0. The smallest absolute Gasteiger partial charge is 0.132 e. The van der Waals surface area contributed by atoms with Crippen LogP contribution in [0.2, 0.25) is 5.02 Å². The lowest BCUT2D eigenvalue weighted by Crippen LogP contribution is -2.00. The molecule has 0 saturated heterocycles. The van der Waals surface area contributed by atoms with E-state index in [1.54, 1.807) is 11.3 Å². The Morgan fingerprint density at radius 1 is 1.33 bits per heavy atom. The Morgan fingerprint density at radius 2 is 2.17 bits per heavy atom. The lowest BCUT2D eigenvalue weighted by atomic mass is 10.3. The van der Waals surface area contributed by atoms with Crippen LogP contribution in [0.1, 0.15) is 18.1 Å². The average Bonchev–Trinajstić information content (AvgIpc) is 2.94. The van der Waals surface area contributed by atoms with Gasteiger partial charge in [-0.05, 0) is 30.5 Å². The number of hydrogen-bond acceptors (Lipinski definition) is 2. The summed E-state index contributed by atoms with van der Waals surface area (Å²) in [5.74, 6) is 0.818. The molecule has 1 atom stereocenters. The standard InChI is InChI=1S/C13H10Cl2N2S/c1-8(14)13-16-12-10(15)3-2-4-11(12)17(13)9-5-6-18-7-9/h2-8H,1H3. The van der Waals surface area contributed by atoms with Crippen LogP contribution < -0.4 is 0 Å². The van der Waals surface area contributed by atoms with Crippen LogP contribution >= 0.6 is 34.5 Å². The van der Waals surface area contributed by atoms with E-state index in [2.05, 4.69) is 21.0 Å². The van der Waals surface area contributed by atoms with Crippen molar-refractivity contribution in [3.63, 3.8) is 0 Å². The van der Waals surface area contributed by atoms with Gasteiger partial charge in [-0.3, -0.25) is 4.57 Å². The minimum Gasteiger partial charge on any atom is -0.294 e. The molecular weight excluding hydrogens is 287 g/mol. The molecule has 18 heavy (non-hydrogen) atoms. The Morgan fingerprint density at radius 3 is 2.83 bits per heavy atom. The Balaban J connectivity index is 2.40. The Bertz CT molecular complexity index is 686. The zero-order valence-electron chi connectivity index (χ0n) is 9.60. The van der Waals surface area contributed by atoms with Gasteiger partial charge in [0.1, 0.15) is 11.3 Å². The predicted octanol–water partition coefficient (Wildman–Crippen LogP) is 5.04. The maximum Gasteiger partial charge on any atom is 0.132 e. The zero-order valence-corrected chi connectivity index (χ0v) is 11.9. The SMILES string of the molecule is CC(Cl)c1nc2c(Cl)cccc2n1-c1ccsc1. The number of alkyl halides is 1. The summed E-state index contributed by atoms with van der Waals surface area (Å²) in [4.78, 5) is 4.57. The highest BCUT2D eigenvalue weighted by atomic mass is 35.5. The summed E-state index contributed by atoms with van der Waals surface area (Å²) in [6, 6.07) is 7.83. The molecule has 5 heteroatoms. The van der Waals surface area contributed by atoms with Gasteiger partial charge in [0.25, 0.3) is 0 Å². The van der Waals surface area contributed by atoms with Crippen molar-refractivity contribution in [1.82, 2.24) is 9.55 Å². The second-order valence-corrected chi connectivity index (χ2v) is 5.85. The summed E-state index contributed by atoms with van der Waals surface area (Å²) in [7, 11) is 0. The number of benzene rings is 1. The number of hydrogen-bond donors (Lipinski definition) is 0. The summed E-state index contributed by atoms with van der Waals surface area (Å²) in [6.07, 6.45) is 0. The fourth-order valence-corrected chi connectivity index (χ4v) is 2.98. The van der Waals surface area contributed by atoms with Gasteiger partial charge in [0, 0.05) is 5.38 Å². The maximum absolute atomic E-state index is 6.23. The largest absolute Gasteiger partial charge is 0.294 e. The highest BCUT2D eigenvalue weighted by Crippen LogP contribution is 2.31. The molecule has 0 aliphatic rings. The summed E-state index contributed by atoms with van der Waals surface area (Å²) in [6.45, 7) is 1.92. The summed E-state index contributed by atoms with van der Waals surface area (Å²) < 4.78 is 2.06. The molecule has 2 heterocycles. The van der Waals surface area contributed by atoms with E-state index in [9.17, 15) is 0 Å². The molecule has 0 fully saturated rings. The van der Waals surface area contributed by atoms with Crippen LogP contribution in [0, 0.1) is 0 Å². The van der Waals surface area contributed by atoms with Crippen LogP contribution in [-0.2, 0) is 0 Å². The lowest BCUT2D eigenvalue weighted by molar-refractivity contribution is 0.885. The highest BCUT2D eigenvalue weighted by Gasteiger charge is 2.17. The van der Waals surface area contributed by atoms with E-state index < -0.39 is 0 Å². The first-order valence-corrected chi connectivity index (χ1v) is 7.27. The molecule has 1 unspecified atom stereocenters. The van der Waals surface area contributed by atoms with Crippen molar-refractivity contribution in [2.75, 3.05) is 0 Å². The van der Waals surface area contributed by atoms with E-state index in [0.29, 0.717) is 5.02 Å². The van der Waals surface area contributed by atoms with Gasteiger partial charge in [-0.2, -0.15) is 11.3 Å². The van der Waals surface area contributed by atoms with E-state index >= 15 is 0 Å². The molecule has 0 radical (unpaired) electrons.